The summed E-state index contributed by atoms with van der Waals surface area (Å²) in [7, 11) is 3.65. The molecule has 110 valence electrons. The number of nitrogens with one attached hydrogen (secondary N) is 1. The fourth-order valence-electron chi connectivity index (χ4n) is 2.87. The molecule has 0 aliphatic heterocycles. The van der Waals surface area contributed by atoms with Gasteiger partial charge in [0.1, 0.15) is 11.0 Å². The summed E-state index contributed by atoms with van der Waals surface area (Å²) in [5, 5.41) is 3.26. The molecule has 2 rings (SSSR count). The first-order valence-electron chi connectivity index (χ1n) is 7.13. The number of amides is 1. The first-order chi connectivity index (χ1) is 9.51. The van der Waals surface area contributed by atoms with E-state index in [0.29, 0.717) is 28.5 Å². The van der Waals surface area contributed by atoms with Crippen LogP contribution in [0.15, 0.2) is 12.1 Å². The third-order valence-electron chi connectivity index (χ3n) is 4.07. The first kappa shape index (κ1) is 15.1. The van der Waals surface area contributed by atoms with Gasteiger partial charge < -0.3 is 10.2 Å². The van der Waals surface area contributed by atoms with Crippen molar-refractivity contribution in [2.24, 2.45) is 5.92 Å². The molecule has 1 N–H and O–H groups in total. The number of hydrogen-bond acceptors (Lipinski definition) is 3. The molecule has 1 aromatic rings. The lowest BCUT2D eigenvalue weighted by Crippen LogP contribution is -2.39. The Balaban J connectivity index is 2.15. The predicted octanol–water partition coefficient (Wildman–Crippen LogP) is 3.43. The van der Waals surface area contributed by atoms with Crippen molar-refractivity contribution in [2.45, 2.75) is 38.6 Å². The molecule has 1 aromatic heterocycles. The number of carbonyl (C=O) groups is 1. The fraction of sp³-hybridized carbons (Fsp3) is 0.600. The van der Waals surface area contributed by atoms with Gasteiger partial charge in [0.25, 0.3) is 5.91 Å². The van der Waals surface area contributed by atoms with Crippen LogP contribution in [0.25, 0.3) is 0 Å². The lowest BCUT2D eigenvalue weighted by molar-refractivity contribution is 0.0672. The van der Waals surface area contributed by atoms with Gasteiger partial charge in [0, 0.05) is 25.7 Å². The van der Waals surface area contributed by atoms with E-state index in [-0.39, 0.29) is 5.91 Å². The van der Waals surface area contributed by atoms with Crippen molar-refractivity contribution in [1.82, 2.24) is 9.88 Å². The topological polar surface area (TPSA) is 45.2 Å². The fourth-order valence-corrected chi connectivity index (χ4v) is 3.08. The number of carbonyl (C=O) groups excluding carboxylic acids is 1. The standard InChI is InChI=1S/C15H22ClN3O/c1-10-5-4-6-12(7-10)19(3)15(20)11-8-13(16)18-14(9-11)17-2/h8-10,12H,4-7H2,1-3H3,(H,17,18). The largest absolute Gasteiger partial charge is 0.373 e. The van der Waals surface area contributed by atoms with Gasteiger partial charge in [-0.1, -0.05) is 31.4 Å². The summed E-state index contributed by atoms with van der Waals surface area (Å²) in [5.74, 6) is 1.33. The summed E-state index contributed by atoms with van der Waals surface area (Å²) in [6.07, 6.45) is 4.63. The average Bonchev–Trinajstić information content (AvgIpc) is 2.45. The van der Waals surface area contributed by atoms with Crippen molar-refractivity contribution in [3.63, 3.8) is 0 Å². The van der Waals surface area contributed by atoms with Gasteiger partial charge in [-0.3, -0.25) is 4.79 Å². The number of hydrogen-bond donors (Lipinski definition) is 1. The number of aromatic nitrogens is 1. The van der Waals surface area contributed by atoms with E-state index in [0.717, 1.165) is 12.8 Å². The van der Waals surface area contributed by atoms with Crippen molar-refractivity contribution in [3.8, 4) is 0 Å². The molecule has 0 saturated heterocycles. The summed E-state index contributed by atoms with van der Waals surface area (Å²) in [6, 6.07) is 3.71. The van der Waals surface area contributed by atoms with Gasteiger partial charge >= 0.3 is 0 Å². The van der Waals surface area contributed by atoms with Gasteiger partial charge in [-0.25, -0.2) is 4.98 Å². The van der Waals surface area contributed by atoms with Gasteiger partial charge in [0.2, 0.25) is 0 Å². The molecule has 20 heavy (non-hydrogen) atoms. The Labute approximate surface area is 125 Å². The molecule has 4 nitrogen and oxygen atoms in total. The zero-order valence-electron chi connectivity index (χ0n) is 12.3. The Kier molecular flexibility index (Phi) is 4.86. The molecule has 1 aliphatic carbocycles. The Bertz CT molecular complexity index is 492. The number of nitrogens with zero attached hydrogens (tertiary/aromatic N) is 2. The minimum Gasteiger partial charge on any atom is -0.373 e. The summed E-state index contributed by atoms with van der Waals surface area (Å²) >= 11 is 5.96. The molecule has 1 fully saturated rings. The average molecular weight is 296 g/mol. The quantitative estimate of drug-likeness (QED) is 0.869. The molecular weight excluding hydrogens is 274 g/mol. The second-order valence-corrected chi connectivity index (χ2v) is 6.04. The molecule has 1 saturated carbocycles. The van der Waals surface area contributed by atoms with Gasteiger partial charge in [0.15, 0.2) is 0 Å². The number of pyridine rings is 1. The lowest BCUT2D eigenvalue weighted by Gasteiger charge is -2.34. The van der Waals surface area contributed by atoms with Crippen LogP contribution in [0.5, 0.6) is 0 Å². The van der Waals surface area contributed by atoms with E-state index in [1.807, 2.05) is 11.9 Å². The third kappa shape index (κ3) is 3.42. The molecule has 1 heterocycles. The molecule has 0 radical (unpaired) electrons. The van der Waals surface area contributed by atoms with Crippen LogP contribution in [-0.2, 0) is 0 Å². The molecule has 0 spiro atoms. The van der Waals surface area contributed by atoms with E-state index in [1.165, 1.54) is 12.8 Å². The number of anilines is 1. The highest BCUT2D eigenvalue weighted by Crippen LogP contribution is 2.28. The molecule has 5 heteroatoms. The first-order valence-corrected chi connectivity index (χ1v) is 7.51. The number of halogens is 1. The molecule has 2 atom stereocenters. The van der Waals surface area contributed by atoms with E-state index in [2.05, 4.69) is 17.2 Å². The van der Waals surface area contributed by atoms with Gasteiger partial charge in [-0.2, -0.15) is 0 Å². The van der Waals surface area contributed by atoms with Crippen molar-refractivity contribution in [2.75, 3.05) is 19.4 Å². The summed E-state index contributed by atoms with van der Waals surface area (Å²) < 4.78 is 0. The highest BCUT2D eigenvalue weighted by Gasteiger charge is 2.26. The maximum Gasteiger partial charge on any atom is 0.254 e. The Morgan fingerprint density at radius 1 is 1.45 bits per heavy atom. The molecule has 1 amide bonds. The second-order valence-electron chi connectivity index (χ2n) is 5.66. The van der Waals surface area contributed by atoms with Crippen LogP contribution in [-0.4, -0.2) is 35.9 Å². The minimum atomic E-state index is 0.0184. The van der Waals surface area contributed by atoms with Crippen LogP contribution < -0.4 is 5.32 Å². The maximum absolute atomic E-state index is 12.6. The van der Waals surface area contributed by atoms with Crippen molar-refractivity contribution in [1.29, 1.82) is 0 Å². The van der Waals surface area contributed by atoms with E-state index in [1.54, 1.807) is 19.2 Å². The van der Waals surface area contributed by atoms with E-state index in [9.17, 15) is 4.79 Å². The maximum atomic E-state index is 12.6. The smallest absolute Gasteiger partial charge is 0.254 e. The zero-order valence-corrected chi connectivity index (χ0v) is 13.1. The normalized spacial score (nSPS) is 22.4. The monoisotopic (exact) mass is 295 g/mol. The van der Waals surface area contributed by atoms with Crippen LogP contribution in [0.3, 0.4) is 0 Å². The summed E-state index contributed by atoms with van der Waals surface area (Å²) in [5.41, 5.74) is 0.593. The second kappa shape index (κ2) is 6.44. The van der Waals surface area contributed by atoms with Crippen LogP contribution in [0, 0.1) is 5.92 Å². The van der Waals surface area contributed by atoms with Crippen LogP contribution >= 0.6 is 11.6 Å². The Hall–Kier alpha value is -1.29. The predicted molar refractivity (Wildman–Crippen MR) is 82.3 cm³/mol. The highest BCUT2D eigenvalue weighted by molar-refractivity contribution is 6.29. The Morgan fingerprint density at radius 3 is 2.85 bits per heavy atom. The summed E-state index contributed by atoms with van der Waals surface area (Å²) in [4.78, 5) is 18.5. The zero-order chi connectivity index (χ0) is 14.7. The molecule has 0 bridgehead atoms. The van der Waals surface area contributed by atoms with Gasteiger partial charge in [0.05, 0.1) is 0 Å². The van der Waals surface area contributed by atoms with Crippen LogP contribution in [0.2, 0.25) is 5.15 Å². The van der Waals surface area contributed by atoms with Crippen LogP contribution in [0.4, 0.5) is 5.82 Å². The van der Waals surface area contributed by atoms with Crippen molar-refractivity contribution < 1.29 is 4.79 Å². The summed E-state index contributed by atoms with van der Waals surface area (Å²) in [6.45, 7) is 2.26. The number of rotatable bonds is 3. The third-order valence-corrected chi connectivity index (χ3v) is 4.27. The van der Waals surface area contributed by atoms with Crippen LogP contribution in [0.1, 0.15) is 43.0 Å². The minimum absolute atomic E-state index is 0.0184. The van der Waals surface area contributed by atoms with E-state index in [4.69, 9.17) is 11.6 Å². The van der Waals surface area contributed by atoms with Crippen molar-refractivity contribution >= 4 is 23.3 Å². The van der Waals surface area contributed by atoms with Gasteiger partial charge in [-0.15, -0.1) is 0 Å². The van der Waals surface area contributed by atoms with Crippen molar-refractivity contribution in [3.05, 3.63) is 22.8 Å². The Morgan fingerprint density at radius 2 is 2.20 bits per heavy atom. The molecular formula is C15H22ClN3O. The van der Waals surface area contributed by atoms with E-state index >= 15 is 0 Å². The molecule has 0 aromatic carbocycles. The van der Waals surface area contributed by atoms with Gasteiger partial charge in [-0.05, 0) is 30.9 Å². The molecule has 2 unspecified atom stereocenters. The SMILES string of the molecule is CNc1cc(C(=O)N(C)C2CCCC(C)C2)cc(Cl)n1. The highest BCUT2D eigenvalue weighted by atomic mass is 35.5. The molecule has 1 aliphatic rings. The van der Waals surface area contributed by atoms with E-state index < -0.39 is 0 Å². The lowest BCUT2D eigenvalue weighted by atomic mass is 9.86.